The molecule has 1 aliphatic rings. The van der Waals surface area contributed by atoms with Crippen LogP contribution in [0.4, 0.5) is 5.82 Å². The second-order valence-corrected chi connectivity index (χ2v) is 5.62. The number of nitrogens with zero attached hydrogens (tertiary/aromatic N) is 3. The largest absolute Gasteiger partial charge is 0.472 e. The van der Waals surface area contributed by atoms with E-state index in [4.69, 9.17) is 4.74 Å². The molecule has 0 aromatic carbocycles. The van der Waals surface area contributed by atoms with Crippen LogP contribution in [0.3, 0.4) is 0 Å². The summed E-state index contributed by atoms with van der Waals surface area (Å²) in [4.78, 5) is 2.37. The van der Waals surface area contributed by atoms with Crippen LogP contribution in [0.5, 0.6) is 5.88 Å². The Morgan fingerprint density at radius 2 is 1.88 bits per heavy atom. The molecule has 4 nitrogen and oxygen atoms in total. The van der Waals surface area contributed by atoms with Crippen molar-refractivity contribution < 1.29 is 4.74 Å². The topological polar surface area (TPSA) is 38.3 Å². The van der Waals surface area contributed by atoms with E-state index in [2.05, 4.69) is 27.5 Å². The highest BCUT2D eigenvalue weighted by Crippen LogP contribution is 2.34. The summed E-state index contributed by atoms with van der Waals surface area (Å²) in [6.45, 7) is 8.56. The molecule has 1 aromatic heterocycles. The number of hydrogen-bond acceptors (Lipinski definition) is 5. The number of ether oxygens (including phenoxy) is 1. The molecule has 0 radical (unpaired) electrons. The molecular formula is C12H21N3OS. The number of anilines is 1. The summed E-state index contributed by atoms with van der Waals surface area (Å²) in [5, 5.41) is 0. The molecule has 0 bridgehead atoms. The van der Waals surface area contributed by atoms with Crippen molar-refractivity contribution in [3.05, 3.63) is 0 Å². The van der Waals surface area contributed by atoms with Gasteiger partial charge in [-0.1, -0.05) is 0 Å². The Hall–Kier alpha value is -0.840. The molecule has 1 saturated heterocycles. The molecule has 2 rings (SSSR count). The molecular weight excluding hydrogens is 234 g/mol. The average molecular weight is 255 g/mol. The molecule has 1 aromatic rings. The molecule has 5 heteroatoms. The van der Waals surface area contributed by atoms with Crippen LogP contribution in [0.25, 0.3) is 0 Å². The molecule has 0 amide bonds. The van der Waals surface area contributed by atoms with Gasteiger partial charge >= 0.3 is 0 Å². The van der Waals surface area contributed by atoms with Gasteiger partial charge in [-0.15, -0.1) is 4.37 Å². The third kappa shape index (κ3) is 2.70. The maximum atomic E-state index is 5.73. The van der Waals surface area contributed by atoms with Gasteiger partial charge in [0.25, 0.3) is 5.88 Å². The highest BCUT2D eigenvalue weighted by atomic mass is 32.1. The fraction of sp³-hybridized carbons (Fsp3) is 0.833. The van der Waals surface area contributed by atoms with E-state index in [1.54, 1.807) is 0 Å². The molecule has 2 atom stereocenters. The molecule has 0 saturated carbocycles. The Morgan fingerprint density at radius 1 is 1.24 bits per heavy atom. The van der Waals surface area contributed by atoms with Crippen LogP contribution in [0.15, 0.2) is 0 Å². The number of rotatable bonds is 3. The summed E-state index contributed by atoms with van der Waals surface area (Å²) in [5.41, 5.74) is 0. The van der Waals surface area contributed by atoms with Crippen molar-refractivity contribution in [3.63, 3.8) is 0 Å². The summed E-state index contributed by atoms with van der Waals surface area (Å²) in [6.07, 6.45) is 3.90. The summed E-state index contributed by atoms with van der Waals surface area (Å²) in [6, 6.07) is 1.05. The van der Waals surface area contributed by atoms with E-state index >= 15 is 0 Å². The first-order valence-electron chi connectivity index (χ1n) is 6.37. The Labute approximate surface area is 107 Å². The van der Waals surface area contributed by atoms with E-state index in [0.29, 0.717) is 18.0 Å². The summed E-state index contributed by atoms with van der Waals surface area (Å²) >= 11 is 1.24. The van der Waals surface area contributed by atoms with E-state index in [1.807, 2.05) is 13.8 Å². The van der Waals surface area contributed by atoms with Crippen LogP contribution in [0.1, 0.15) is 47.0 Å². The molecule has 2 unspecified atom stereocenters. The zero-order chi connectivity index (χ0) is 12.4. The zero-order valence-electron chi connectivity index (χ0n) is 11.0. The first-order valence-corrected chi connectivity index (χ1v) is 7.10. The molecule has 17 heavy (non-hydrogen) atoms. The van der Waals surface area contributed by atoms with Gasteiger partial charge in [-0.05, 0) is 47.0 Å². The Balaban J connectivity index is 2.22. The quantitative estimate of drug-likeness (QED) is 0.832. The minimum atomic E-state index is 0.146. The van der Waals surface area contributed by atoms with Gasteiger partial charge in [0, 0.05) is 12.1 Å². The van der Waals surface area contributed by atoms with Crippen molar-refractivity contribution in [1.82, 2.24) is 8.75 Å². The maximum Gasteiger partial charge on any atom is 0.271 e. The van der Waals surface area contributed by atoms with E-state index in [-0.39, 0.29) is 6.10 Å². The minimum absolute atomic E-state index is 0.146. The highest BCUT2D eigenvalue weighted by Gasteiger charge is 2.29. The Morgan fingerprint density at radius 3 is 2.47 bits per heavy atom. The van der Waals surface area contributed by atoms with E-state index in [9.17, 15) is 0 Å². The number of aromatic nitrogens is 2. The molecule has 0 aliphatic carbocycles. The first-order chi connectivity index (χ1) is 8.09. The van der Waals surface area contributed by atoms with Crippen LogP contribution in [0.2, 0.25) is 0 Å². The zero-order valence-corrected chi connectivity index (χ0v) is 11.8. The van der Waals surface area contributed by atoms with Gasteiger partial charge in [-0.2, -0.15) is 4.37 Å². The second-order valence-electron chi connectivity index (χ2n) is 5.10. The predicted octanol–water partition coefficient (Wildman–Crippen LogP) is 3.09. The summed E-state index contributed by atoms with van der Waals surface area (Å²) in [5.74, 6) is 1.63. The highest BCUT2D eigenvalue weighted by molar-refractivity contribution is 6.99. The molecule has 1 aliphatic heterocycles. The van der Waals surface area contributed by atoms with Gasteiger partial charge in [-0.3, -0.25) is 0 Å². The van der Waals surface area contributed by atoms with E-state index in [0.717, 1.165) is 5.82 Å². The van der Waals surface area contributed by atoms with E-state index < -0.39 is 0 Å². The van der Waals surface area contributed by atoms with Crippen LogP contribution >= 0.6 is 11.7 Å². The van der Waals surface area contributed by atoms with Crippen molar-refractivity contribution >= 4 is 17.5 Å². The normalized spacial score (nSPS) is 25.4. The van der Waals surface area contributed by atoms with Gasteiger partial charge in [0.05, 0.1) is 17.8 Å². The van der Waals surface area contributed by atoms with Gasteiger partial charge < -0.3 is 9.64 Å². The lowest BCUT2D eigenvalue weighted by Crippen LogP contribution is -2.44. The fourth-order valence-corrected chi connectivity index (χ4v) is 2.96. The van der Waals surface area contributed by atoms with Crippen LogP contribution in [0, 0.1) is 0 Å². The van der Waals surface area contributed by atoms with Crippen molar-refractivity contribution in [1.29, 1.82) is 0 Å². The standard InChI is InChI=1S/C12H21N3OS/c1-8(2)16-12-11(13-17-14-12)15-9(3)6-5-7-10(15)4/h8-10H,5-7H2,1-4H3. The molecule has 1 fully saturated rings. The van der Waals surface area contributed by atoms with Crippen LogP contribution < -0.4 is 9.64 Å². The summed E-state index contributed by atoms with van der Waals surface area (Å²) < 4.78 is 14.4. The molecule has 96 valence electrons. The molecule has 0 spiro atoms. The molecule has 2 heterocycles. The Kier molecular flexibility index (Phi) is 3.86. The smallest absolute Gasteiger partial charge is 0.271 e. The van der Waals surface area contributed by atoms with Crippen LogP contribution in [-0.4, -0.2) is 26.9 Å². The van der Waals surface area contributed by atoms with Gasteiger partial charge in [0.1, 0.15) is 0 Å². The SMILES string of the molecule is CC(C)Oc1nsnc1N1C(C)CCCC1C. The first kappa shape index (κ1) is 12.6. The lowest BCUT2D eigenvalue weighted by atomic mass is 9.98. The monoisotopic (exact) mass is 255 g/mol. The van der Waals surface area contributed by atoms with Gasteiger partial charge in [-0.25, -0.2) is 0 Å². The maximum absolute atomic E-state index is 5.73. The number of hydrogen-bond donors (Lipinski definition) is 0. The second kappa shape index (κ2) is 5.21. The summed E-state index contributed by atoms with van der Waals surface area (Å²) in [7, 11) is 0. The lowest BCUT2D eigenvalue weighted by Gasteiger charge is -2.39. The third-order valence-electron chi connectivity index (χ3n) is 3.23. The fourth-order valence-electron chi connectivity index (χ4n) is 2.47. The van der Waals surface area contributed by atoms with Crippen molar-refractivity contribution in [2.24, 2.45) is 0 Å². The number of piperidine rings is 1. The lowest BCUT2D eigenvalue weighted by molar-refractivity contribution is 0.233. The Bertz CT molecular complexity index is 356. The minimum Gasteiger partial charge on any atom is -0.472 e. The average Bonchev–Trinajstić information content (AvgIpc) is 2.65. The predicted molar refractivity (Wildman–Crippen MR) is 70.9 cm³/mol. The van der Waals surface area contributed by atoms with Crippen LogP contribution in [-0.2, 0) is 0 Å². The van der Waals surface area contributed by atoms with E-state index in [1.165, 1.54) is 31.0 Å². The third-order valence-corrected chi connectivity index (χ3v) is 3.73. The van der Waals surface area contributed by atoms with Gasteiger partial charge in [0.2, 0.25) is 5.82 Å². The van der Waals surface area contributed by atoms with Crippen molar-refractivity contribution in [2.45, 2.75) is 65.1 Å². The van der Waals surface area contributed by atoms with Gasteiger partial charge in [0.15, 0.2) is 0 Å². The molecule has 0 N–H and O–H groups in total. The van der Waals surface area contributed by atoms with Crippen molar-refractivity contribution in [2.75, 3.05) is 4.90 Å². The van der Waals surface area contributed by atoms with Crippen molar-refractivity contribution in [3.8, 4) is 5.88 Å².